The molecule has 144 valence electrons. The van der Waals surface area contributed by atoms with E-state index in [2.05, 4.69) is 25.5 Å². The molecule has 1 aromatic carbocycles. The molecule has 8 heteroatoms. The van der Waals surface area contributed by atoms with Gasteiger partial charge in [0.25, 0.3) is 0 Å². The van der Waals surface area contributed by atoms with Crippen molar-refractivity contribution in [2.45, 2.75) is 0 Å². The molecule has 2 aliphatic rings. The van der Waals surface area contributed by atoms with E-state index in [1.807, 2.05) is 36.5 Å². The molecule has 2 aromatic heterocycles. The number of halogens is 1. The Morgan fingerprint density at radius 1 is 1.18 bits per heavy atom. The number of morpholine rings is 1. The molecule has 0 bridgehead atoms. The normalized spacial score (nSPS) is 17.4. The number of nitrogens with one attached hydrogen (secondary N) is 2. The zero-order chi connectivity index (χ0) is 19.1. The molecule has 0 aliphatic carbocycles. The topological polar surface area (TPSA) is 69.3 Å². The quantitative estimate of drug-likeness (QED) is 0.727. The summed E-state index contributed by atoms with van der Waals surface area (Å²) in [5.74, 6) is 0.651. The Labute approximate surface area is 161 Å². The third-order valence-corrected chi connectivity index (χ3v) is 5.22. The van der Waals surface area contributed by atoms with Gasteiger partial charge in [0.15, 0.2) is 0 Å². The lowest BCUT2D eigenvalue weighted by molar-refractivity contribution is 0.122. The largest absolute Gasteiger partial charge is 0.378 e. The highest BCUT2D eigenvalue weighted by Gasteiger charge is 2.19. The van der Waals surface area contributed by atoms with Crippen LogP contribution in [0.5, 0.6) is 0 Å². The fraction of sp³-hybridized carbons (Fsp3) is 0.300. The van der Waals surface area contributed by atoms with Crippen LogP contribution >= 0.6 is 0 Å². The molecule has 0 amide bonds. The SMILES string of the molecule is CN1C=C(c2cc3c(-c4ccnc(N5CCOCC5)c4)n[nH]c3cc2F)CN1. The van der Waals surface area contributed by atoms with E-state index in [4.69, 9.17) is 4.74 Å². The first kappa shape index (κ1) is 17.2. The van der Waals surface area contributed by atoms with Gasteiger partial charge in [-0.05, 0) is 23.8 Å². The van der Waals surface area contributed by atoms with Crippen molar-refractivity contribution in [2.24, 2.45) is 0 Å². The van der Waals surface area contributed by atoms with Gasteiger partial charge in [-0.1, -0.05) is 0 Å². The number of pyridine rings is 1. The number of hydrogen-bond donors (Lipinski definition) is 2. The maximum Gasteiger partial charge on any atom is 0.132 e. The maximum atomic E-state index is 14.7. The number of aromatic amines is 1. The first-order chi connectivity index (χ1) is 13.7. The van der Waals surface area contributed by atoms with Crippen LogP contribution in [-0.2, 0) is 4.74 Å². The molecule has 3 aromatic rings. The van der Waals surface area contributed by atoms with Crippen molar-refractivity contribution >= 4 is 22.3 Å². The number of ether oxygens (including phenoxy) is 1. The van der Waals surface area contributed by atoms with Crippen LogP contribution in [0.3, 0.4) is 0 Å². The number of rotatable bonds is 3. The van der Waals surface area contributed by atoms with Crippen molar-refractivity contribution in [3.05, 3.63) is 48.0 Å². The second-order valence-corrected chi connectivity index (χ2v) is 7.05. The molecule has 0 radical (unpaired) electrons. The van der Waals surface area contributed by atoms with Gasteiger partial charge in [0.1, 0.15) is 17.3 Å². The summed E-state index contributed by atoms with van der Waals surface area (Å²) in [5, 5.41) is 10.2. The molecule has 0 atom stereocenters. The minimum absolute atomic E-state index is 0.255. The van der Waals surface area contributed by atoms with Gasteiger partial charge < -0.3 is 14.6 Å². The number of fused-ring (bicyclic) bond motifs is 1. The van der Waals surface area contributed by atoms with E-state index in [9.17, 15) is 4.39 Å². The number of anilines is 1. The van der Waals surface area contributed by atoms with E-state index in [0.717, 1.165) is 41.1 Å². The van der Waals surface area contributed by atoms with E-state index in [0.29, 0.717) is 30.8 Å². The summed E-state index contributed by atoms with van der Waals surface area (Å²) < 4.78 is 20.1. The van der Waals surface area contributed by atoms with E-state index in [-0.39, 0.29) is 5.82 Å². The Bertz CT molecular complexity index is 1060. The number of H-pyrrole nitrogens is 1. The van der Waals surface area contributed by atoms with E-state index >= 15 is 0 Å². The second-order valence-electron chi connectivity index (χ2n) is 7.05. The van der Waals surface area contributed by atoms with Crippen molar-refractivity contribution in [1.29, 1.82) is 0 Å². The lowest BCUT2D eigenvalue weighted by Gasteiger charge is -2.27. The van der Waals surface area contributed by atoms with Crippen LogP contribution in [0.25, 0.3) is 27.7 Å². The summed E-state index contributed by atoms with van der Waals surface area (Å²) in [6.07, 6.45) is 3.70. The summed E-state index contributed by atoms with van der Waals surface area (Å²) >= 11 is 0. The number of benzene rings is 1. The Morgan fingerprint density at radius 2 is 2.04 bits per heavy atom. The number of hydrogen-bond acceptors (Lipinski definition) is 6. The Kier molecular flexibility index (Phi) is 4.22. The van der Waals surface area contributed by atoms with Gasteiger partial charge in [0, 0.05) is 61.7 Å². The average Bonchev–Trinajstić information content (AvgIpc) is 3.34. The standard InChI is InChI=1S/C20H21FN6O/c1-26-12-14(11-23-26)15-9-16-18(10-17(15)21)24-25-20(16)13-2-3-22-19(8-13)27-4-6-28-7-5-27/h2-3,8-10,12,23H,4-7,11H2,1H3,(H,24,25). The van der Waals surface area contributed by atoms with Crippen LogP contribution in [0.4, 0.5) is 10.2 Å². The van der Waals surface area contributed by atoms with Gasteiger partial charge >= 0.3 is 0 Å². The molecule has 7 nitrogen and oxygen atoms in total. The fourth-order valence-electron chi connectivity index (χ4n) is 3.73. The number of aromatic nitrogens is 3. The predicted octanol–water partition coefficient (Wildman–Crippen LogP) is 2.39. The van der Waals surface area contributed by atoms with Crippen molar-refractivity contribution in [1.82, 2.24) is 25.6 Å². The lowest BCUT2D eigenvalue weighted by atomic mass is 10.0. The van der Waals surface area contributed by atoms with Crippen LogP contribution in [-0.4, -0.2) is 60.1 Å². The lowest BCUT2D eigenvalue weighted by Crippen LogP contribution is -2.36. The monoisotopic (exact) mass is 380 g/mol. The van der Waals surface area contributed by atoms with E-state index in [1.54, 1.807) is 6.20 Å². The Balaban J connectivity index is 1.57. The molecule has 4 heterocycles. The molecule has 5 rings (SSSR count). The van der Waals surface area contributed by atoms with Crippen LogP contribution < -0.4 is 10.3 Å². The number of nitrogens with zero attached hydrogens (tertiary/aromatic N) is 4. The smallest absolute Gasteiger partial charge is 0.132 e. The van der Waals surface area contributed by atoms with Crippen molar-refractivity contribution in [3.8, 4) is 11.3 Å². The zero-order valence-electron chi connectivity index (χ0n) is 15.6. The van der Waals surface area contributed by atoms with Gasteiger partial charge in [-0.25, -0.2) is 14.8 Å². The molecule has 2 aliphatic heterocycles. The van der Waals surface area contributed by atoms with Crippen LogP contribution in [0, 0.1) is 5.82 Å². The summed E-state index contributed by atoms with van der Waals surface area (Å²) in [6, 6.07) is 7.37. The van der Waals surface area contributed by atoms with Crippen LogP contribution in [0.2, 0.25) is 0 Å². The summed E-state index contributed by atoms with van der Waals surface area (Å²) in [4.78, 5) is 6.71. The predicted molar refractivity (Wildman–Crippen MR) is 106 cm³/mol. The van der Waals surface area contributed by atoms with Gasteiger partial charge in [0.2, 0.25) is 0 Å². The maximum absolute atomic E-state index is 14.7. The summed E-state index contributed by atoms with van der Waals surface area (Å²) in [6.45, 7) is 3.65. The Hall–Kier alpha value is -2.97. The molecule has 1 fully saturated rings. The van der Waals surface area contributed by atoms with Crippen molar-refractivity contribution < 1.29 is 9.13 Å². The third-order valence-electron chi connectivity index (χ3n) is 5.22. The molecule has 28 heavy (non-hydrogen) atoms. The van der Waals surface area contributed by atoms with Crippen LogP contribution in [0.15, 0.2) is 36.7 Å². The molecule has 1 saturated heterocycles. The fourth-order valence-corrected chi connectivity index (χ4v) is 3.73. The minimum Gasteiger partial charge on any atom is -0.378 e. The first-order valence-electron chi connectivity index (χ1n) is 9.33. The molecule has 0 saturated carbocycles. The highest BCUT2D eigenvalue weighted by molar-refractivity contribution is 5.95. The van der Waals surface area contributed by atoms with Gasteiger partial charge in [-0.15, -0.1) is 0 Å². The average molecular weight is 380 g/mol. The minimum atomic E-state index is -0.255. The molecule has 0 unspecified atom stereocenters. The third kappa shape index (κ3) is 3.00. The summed E-state index contributed by atoms with van der Waals surface area (Å²) in [7, 11) is 1.90. The first-order valence-corrected chi connectivity index (χ1v) is 9.33. The zero-order valence-corrected chi connectivity index (χ0v) is 15.6. The summed E-state index contributed by atoms with van der Waals surface area (Å²) in [5.41, 5.74) is 7.10. The molecule has 2 N–H and O–H groups in total. The van der Waals surface area contributed by atoms with Crippen molar-refractivity contribution in [3.63, 3.8) is 0 Å². The molecular weight excluding hydrogens is 359 g/mol. The molecule has 0 spiro atoms. The van der Waals surface area contributed by atoms with Gasteiger partial charge in [0.05, 0.1) is 18.7 Å². The van der Waals surface area contributed by atoms with Gasteiger partial charge in [-0.3, -0.25) is 5.10 Å². The van der Waals surface area contributed by atoms with Gasteiger partial charge in [-0.2, -0.15) is 5.10 Å². The van der Waals surface area contributed by atoms with Crippen LogP contribution in [0.1, 0.15) is 5.56 Å². The van der Waals surface area contributed by atoms with E-state index < -0.39 is 0 Å². The second kappa shape index (κ2) is 6.88. The highest BCUT2D eigenvalue weighted by atomic mass is 19.1. The number of hydrazine groups is 1. The highest BCUT2D eigenvalue weighted by Crippen LogP contribution is 2.32. The molecular formula is C20H21FN6O. The van der Waals surface area contributed by atoms with E-state index in [1.165, 1.54) is 6.07 Å². The van der Waals surface area contributed by atoms with Crippen molar-refractivity contribution in [2.75, 3.05) is 44.8 Å². The Morgan fingerprint density at radius 3 is 2.82 bits per heavy atom.